The summed E-state index contributed by atoms with van der Waals surface area (Å²) in [5.41, 5.74) is 3.44. The Morgan fingerprint density at radius 3 is 2.53 bits per heavy atom. The summed E-state index contributed by atoms with van der Waals surface area (Å²) < 4.78 is 6.05. The van der Waals surface area contributed by atoms with Gasteiger partial charge >= 0.3 is 6.03 Å². The van der Waals surface area contributed by atoms with Crippen LogP contribution in [-0.4, -0.2) is 65.2 Å². The average molecular weight is 435 g/mol. The number of carbonyl (C=O) groups excluding carboxylic acids is 1. The summed E-state index contributed by atoms with van der Waals surface area (Å²) in [6.07, 6.45) is 5.71. The van der Waals surface area contributed by atoms with E-state index in [1.807, 2.05) is 50.4 Å². The van der Waals surface area contributed by atoms with Crippen molar-refractivity contribution in [3.63, 3.8) is 0 Å². The molecule has 32 heavy (non-hydrogen) atoms. The fourth-order valence-electron chi connectivity index (χ4n) is 3.68. The lowest BCUT2D eigenvalue weighted by atomic mass is 10.1. The number of likely N-dealkylation sites (tertiary alicyclic amines) is 1. The zero-order chi connectivity index (χ0) is 22.7. The van der Waals surface area contributed by atoms with Crippen LogP contribution in [0.4, 0.5) is 10.6 Å². The van der Waals surface area contributed by atoms with E-state index in [9.17, 15) is 4.79 Å². The molecule has 0 spiro atoms. The molecule has 3 aromatic rings. The summed E-state index contributed by atoms with van der Waals surface area (Å²) in [4.78, 5) is 29.7. The number of piperidine rings is 1. The van der Waals surface area contributed by atoms with E-state index in [1.54, 1.807) is 13.2 Å². The first-order chi connectivity index (χ1) is 15.4. The fraction of sp³-hybridized carbons (Fsp3) is 0.417. The van der Waals surface area contributed by atoms with Gasteiger partial charge in [-0.05, 0) is 57.5 Å². The molecule has 1 aliphatic heterocycles. The number of aromatic nitrogens is 3. The second-order valence-electron chi connectivity index (χ2n) is 8.60. The van der Waals surface area contributed by atoms with Gasteiger partial charge in [0, 0.05) is 44.0 Å². The molecule has 168 valence electrons. The molecule has 3 heterocycles. The number of nitrogens with zero attached hydrogens (tertiary/aromatic N) is 5. The lowest BCUT2D eigenvalue weighted by molar-refractivity contribution is 0.110. The summed E-state index contributed by atoms with van der Waals surface area (Å²) in [6, 6.07) is 9.66. The number of carbonyl (C=O) groups is 1. The maximum atomic E-state index is 12.3. The second kappa shape index (κ2) is 9.48. The lowest BCUT2D eigenvalue weighted by Gasteiger charge is -2.28. The maximum absolute atomic E-state index is 12.3. The van der Waals surface area contributed by atoms with Crippen molar-refractivity contribution in [2.75, 3.05) is 32.1 Å². The van der Waals surface area contributed by atoms with Crippen molar-refractivity contribution >= 4 is 22.9 Å². The molecule has 1 aliphatic rings. The molecular weight excluding hydrogens is 404 g/mol. The van der Waals surface area contributed by atoms with Gasteiger partial charge in [0.05, 0.1) is 17.2 Å². The van der Waals surface area contributed by atoms with Gasteiger partial charge in [-0.15, -0.1) is 0 Å². The van der Waals surface area contributed by atoms with Crippen LogP contribution in [0, 0.1) is 0 Å². The first-order valence-electron chi connectivity index (χ1n) is 11.0. The molecule has 4 rings (SSSR count). The molecule has 0 saturated carbocycles. The van der Waals surface area contributed by atoms with E-state index >= 15 is 0 Å². The predicted octanol–water partition coefficient (Wildman–Crippen LogP) is 3.72. The molecule has 0 bridgehead atoms. The van der Waals surface area contributed by atoms with E-state index in [4.69, 9.17) is 4.74 Å². The Kier molecular flexibility index (Phi) is 6.50. The minimum Gasteiger partial charge on any atom is -0.474 e. The fourth-order valence-corrected chi connectivity index (χ4v) is 3.68. The Morgan fingerprint density at radius 2 is 1.84 bits per heavy atom. The minimum absolute atomic E-state index is 0.0453. The third-order valence-corrected chi connectivity index (χ3v) is 5.61. The number of pyridine rings is 1. The van der Waals surface area contributed by atoms with Crippen molar-refractivity contribution in [2.45, 2.75) is 38.8 Å². The number of urea groups is 1. The predicted molar refractivity (Wildman–Crippen MR) is 126 cm³/mol. The van der Waals surface area contributed by atoms with Gasteiger partial charge < -0.3 is 15.0 Å². The molecule has 1 fully saturated rings. The number of benzene rings is 1. The smallest absolute Gasteiger partial charge is 0.323 e. The van der Waals surface area contributed by atoms with Gasteiger partial charge in [0.1, 0.15) is 6.10 Å². The molecule has 1 N–H and O–H groups in total. The molecule has 1 aromatic carbocycles. The first kappa shape index (κ1) is 22.0. The standard InChI is InChI=1S/C24H30N6O2/c1-16(2)27-24(31)30(4)22-15-25-20-7-5-17(13-21(20)28-22)18-6-8-23(26-14-18)32-19-9-11-29(3)12-10-19/h5-8,13-16,19H,9-12H2,1-4H3,(H,27,31). The Balaban J connectivity index is 1.50. The molecule has 0 radical (unpaired) electrons. The summed E-state index contributed by atoms with van der Waals surface area (Å²) in [5, 5.41) is 2.86. The number of ether oxygens (including phenoxy) is 1. The van der Waals surface area contributed by atoms with Crippen LogP contribution < -0.4 is 15.0 Å². The average Bonchev–Trinajstić information content (AvgIpc) is 2.79. The Bertz CT molecular complexity index is 1080. The topological polar surface area (TPSA) is 83.5 Å². The zero-order valence-corrected chi connectivity index (χ0v) is 19.1. The molecule has 1 saturated heterocycles. The van der Waals surface area contributed by atoms with Gasteiger partial charge in [-0.2, -0.15) is 0 Å². The molecular formula is C24H30N6O2. The SMILES string of the molecule is CC(C)NC(=O)N(C)c1cnc2ccc(-c3ccc(OC4CCN(C)CC4)nc3)cc2n1. The molecule has 8 nitrogen and oxygen atoms in total. The van der Waals surface area contributed by atoms with E-state index < -0.39 is 0 Å². The van der Waals surface area contributed by atoms with Crippen molar-refractivity contribution in [1.29, 1.82) is 0 Å². The second-order valence-corrected chi connectivity index (χ2v) is 8.60. The highest BCUT2D eigenvalue weighted by atomic mass is 16.5. The highest BCUT2D eigenvalue weighted by Gasteiger charge is 2.18. The van der Waals surface area contributed by atoms with Crippen molar-refractivity contribution < 1.29 is 9.53 Å². The number of rotatable bonds is 5. The quantitative estimate of drug-likeness (QED) is 0.659. The maximum Gasteiger partial charge on any atom is 0.323 e. The highest BCUT2D eigenvalue weighted by molar-refractivity contribution is 5.91. The number of fused-ring (bicyclic) bond motifs is 1. The number of hydrogen-bond donors (Lipinski definition) is 1. The summed E-state index contributed by atoms with van der Waals surface area (Å²) in [6.45, 7) is 5.94. The molecule has 0 unspecified atom stereocenters. The third kappa shape index (κ3) is 5.13. The molecule has 2 amide bonds. The van der Waals surface area contributed by atoms with Crippen LogP contribution in [0.5, 0.6) is 5.88 Å². The molecule has 0 aliphatic carbocycles. The van der Waals surface area contributed by atoms with Crippen LogP contribution in [0.25, 0.3) is 22.2 Å². The Hall–Kier alpha value is -3.26. The van der Waals surface area contributed by atoms with Crippen molar-refractivity contribution in [2.24, 2.45) is 0 Å². The van der Waals surface area contributed by atoms with Gasteiger partial charge in [0.15, 0.2) is 5.82 Å². The van der Waals surface area contributed by atoms with Gasteiger partial charge in [-0.3, -0.25) is 9.88 Å². The zero-order valence-electron chi connectivity index (χ0n) is 19.1. The van der Waals surface area contributed by atoms with Gasteiger partial charge in [-0.1, -0.05) is 6.07 Å². The number of nitrogens with one attached hydrogen (secondary N) is 1. The minimum atomic E-state index is -0.214. The van der Waals surface area contributed by atoms with E-state index in [1.165, 1.54) is 4.90 Å². The van der Waals surface area contributed by atoms with E-state index in [2.05, 4.69) is 32.2 Å². The van der Waals surface area contributed by atoms with E-state index in [0.717, 1.165) is 48.1 Å². The molecule has 8 heteroatoms. The van der Waals surface area contributed by atoms with Crippen LogP contribution in [-0.2, 0) is 0 Å². The normalized spacial score (nSPS) is 15.2. The largest absolute Gasteiger partial charge is 0.474 e. The Labute approximate surface area is 188 Å². The summed E-state index contributed by atoms with van der Waals surface area (Å²) in [5.74, 6) is 1.15. The van der Waals surface area contributed by atoms with Crippen LogP contribution in [0.15, 0.2) is 42.7 Å². The van der Waals surface area contributed by atoms with Gasteiger partial charge in [0.25, 0.3) is 0 Å². The number of hydrogen-bond acceptors (Lipinski definition) is 6. The highest BCUT2D eigenvalue weighted by Crippen LogP contribution is 2.25. The van der Waals surface area contributed by atoms with Crippen molar-refractivity contribution in [1.82, 2.24) is 25.2 Å². The summed E-state index contributed by atoms with van der Waals surface area (Å²) >= 11 is 0. The lowest BCUT2D eigenvalue weighted by Crippen LogP contribution is -2.41. The summed E-state index contributed by atoms with van der Waals surface area (Å²) in [7, 11) is 3.82. The van der Waals surface area contributed by atoms with Gasteiger partial charge in [0.2, 0.25) is 5.88 Å². The molecule has 0 atom stereocenters. The van der Waals surface area contributed by atoms with Crippen molar-refractivity contribution in [3.05, 3.63) is 42.7 Å². The Morgan fingerprint density at radius 1 is 1.09 bits per heavy atom. The number of amides is 2. The van der Waals surface area contributed by atoms with Crippen LogP contribution in [0.3, 0.4) is 0 Å². The first-order valence-corrected chi connectivity index (χ1v) is 11.0. The molecule has 2 aromatic heterocycles. The van der Waals surface area contributed by atoms with E-state index in [0.29, 0.717) is 11.7 Å². The third-order valence-electron chi connectivity index (χ3n) is 5.61. The van der Waals surface area contributed by atoms with Crippen LogP contribution in [0.2, 0.25) is 0 Å². The van der Waals surface area contributed by atoms with Crippen LogP contribution in [0.1, 0.15) is 26.7 Å². The number of anilines is 1. The van der Waals surface area contributed by atoms with E-state index in [-0.39, 0.29) is 18.2 Å². The monoisotopic (exact) mass is 434 g/mol. The van der Waals surface area contributed by atoms with Gasteiger partial charge in [-0.25, -0.2) is 14.8 Å². The van der Waals surface area contributed by atoms with Crippen molar-refractivity contribution in [3.8, 4) is 17.0 Å². The van der Waals surface area contributed by atoms with Crippen LogP contribution >= 0.6 is 0 Å².